The van der Waals surface area contributed by atoms with Gasteiger partial charge in [-0.3, -0.25) is 9.78 Å². The van der Waals surface area contributed by atoms with Gasteiger partial charge in [-0.25, -0.2) is 9.98 Å². The van der Waals surface area contributed by atoms with Gasteiger partial charge in [0.2, 0.25) is 11.0 Å². The van der Waals surface area contributed by atoms with E-state index in [1.54, 1.807) is 12.1 Å². The fourth-order valence-electron chi connectivity index (χ4n) is 1.80. The highest BCUT2D eigenvalue weighted by molar-refractivity contribution is 7.71. The lowest BCUT2D eigenvalue weighted by molar-refractivity contribution is 0.449. The normalized spacial score (nSPS) is 11.2. The molecule has 0 spiro atoms. The van der Waals surface area contributed by atoms with Crippen LogP contribution in [-0.2, 0) is 0 Å². The number of H-pyrrole nitrogens is 2. The van der Waals surface area contributed by atoms with E-state index in [4.69, 9.17) is 23.8 Å². The molecule has 0 radical (unpaired) electrons. The second-order valence-corrected chi connectivity index (χ2v) is 6.13. The molecule has 23 heavy (non-hydrogen) atoms. The average molecular weight is 365 g/mol. The van der Waals surface area contributed by atoms with Crippen LogP contribution in [0.25, 0.3) is 11.3 Å². The third kappa shape index (κ3) is 3.55. The lowest BCUT2D eigenvalue weighted by Gasteiger charge is -1.96. The number of thiazole rings is 1. The maximum atomic E-state index is 11.7. The van der Waals surface area contributed by atoms with Gasteiger partial charge in [-0.1, -0.05) is 23.7 Å². The van der Waals surface area contributed by atoms with Gasteiger partial charge in [0.15, 0.2) is 4.77 Å². The van der Waals surface area contributed by atoms with Crippen LogP contribution in [0.3, 0.4) is 0 Å². The molecule has 1 aromatic carbocycles. The van der Waals surface area contributed by atoms with Crippen molar-refractivity contribution in [3.8, 4) is 17.1 Å². The van der Waals surface area contributed by atoms with Gasteiger partial charge in [-0.2, -0.15) is 0 Å². The molecule has 0 saturated heterocycles. The van der Waals surface area contributed by atoms with Crippen LogP contribution in [0, 0.1) is 4.77 Å². The maximum absolute atomic E-state index is 11.7. The van der Waals surface area contributed by atoms with Crippen LogP contribution in [0.2, 0.25) is 5.02 Å². The molecule has 3 aromatic rings. The Bertz CT molecular complexity index is 989. The van der Waals surface area contributed by atoms with Crippen molar-refractivity contribution in [1.29, 1.82) is 0 Å². The molecule has 0 aliphatic heterocycles. The molecule has 3 rings (SSSR count). The Morgan fingerprint density at radius 1 is 1.30 bits per heavy atom. The molecule has 0 saturated carbocycles. The van der Waals surface area contributed by atoms with Crippen molar-refractivity contribution >= 4 is 46.5 Å². The summed E-state index contributed by atoms with van der Waals surface area (Å²) in [6.07, 6.45) is 1.24. The Morgan fingerprint density at radius 2 is 2.04 bits per heavy atom. The first kappa shape index (κ1) is 15.6. The number of hydrogen-bond acceptors (Lipinski definition) is 6. The van der Waals surface area contributed by atoms with E-state index in [0.717, 1.165) is 11.3 Å². The van der Waals surface area contributed by atoms with Gasteiger partial charge >= 0.3 is 0 Å². The van der Waals surface area contributed by atoms with E-state index in [-0.39, 0.29) is 16.2 Å². The predicted octanol–water partition coefficient (Wildman–Crippen LogP) is 3.67. The molecule has 116 valence electrons. The SMILES string of the molecule is O=c1[nH]c(=S)[nH]c(O)c1/C=N/c1nc(-c2ccc(Cl)cc2)cs1. The summed E-state index contributed by atoms with van der Waals surface area (Å²) in [5.41, 5.74) is 1.13. The number of aromatic nitrogens is 3. The van der Waals surface area contributed by atoms with Crippen LogP contribution in [0.4, 0.5) is 5.13 Å². The minimum absolute atomic E-state index is 0.0122. The Morgan fingerprint density at radius 3 is 2.74 bits per heavy atom. The lowest BCUT2D eigenvalue weighted by atomic mass is 10.2. The van der Waals surface area contributed by atoms with E-state index in [0.29, 0.717) is 10.2 Å². The van der Waals surface area contributed by atoms with Crippen LogP contribution in [0.5, 0.6) is 5.88 Å². The Labute approximate surface area is 144 Å². The van der Waals surface area contributed by atoms with Gasteiger partial charge in [0.05, 0.1) is 5.69 Å². The van der Waals surface area contributed by atoms with Crippen LogP contribution in [0.15, 0.2) is 39.4 Å². The number of rotatable bonds is 3. The summed E-state index contributed by atoms with van der Waals surface area (Å²) in [5.74, 6) is -0.336. The van der Waals surface area contributed by atoms with Crippen molar-refractivity contribution in [2.75, 3.05) is 0 Å². The third-order valence-corrected chi connectivity index (χ3v) is 4.10. The van der Waals surface area contributed by atoms with E-state index in [1.165, 1.54) is 17.6 Å². The van der Waals surface area contributed by atoms with E-state index >= 15 is 0 Å². The standard InChI is InChI=1S/C14H9ClN4O2S2/c15-8-3-1-7(2-4-8)10-6-23-14(17-10)16-5-9-11(20)18-13(22)19-12(9)21/h1-6H,(H3,18,19,20,21,22)/b16-5+. The molecule has 0 fully saturated rings. The molecule has 6 nitrogen and oxygen atoms in total. The molecule has 0 atom stereocenters. The van der Waals surface area contributed by atoms with Gasteiger partial charge in [0, 0.05) is 22.2 Å². The summed E-state index contributed by atoms with van der Waals surface area (Å²) in [6, 6.07) is 7.28. The average Bonchev–Trinajstić information content (AvgIpc) is 2.96. The maximum Gasteiger partial charge on any atom is 0.264 e. The fraction of sp³-hybridized carbons (Fsp3) is 0. The molecule has 2 heterocycles. The van der Waals surface area contributed by atoms with Crippen molar-refractivity contribution in [3.05, 3.63) is 55.4 Å². The van der Waals surface area contributed by atoms with Gasteiger partial charge in [0.25, 0.3) is 5.56 Å². The summed E-state index contributed by atoms with van der Waals surface area (Å²) in [5, 5.41) is 12.6. The first-order valence-corrected chi connectivity index (χ1v) is 8.00. The minimum atomic E-state index is -0.524. The van der Waals surface area contributed by atoms with E-state index in [2.05, 4.69) is 19.9 Å². The van der Waals surface area contributed by atoms with Crippen LogP contribution in [-0.4, -0.2) is 26.3 Å². The van der Waals surface area contributed by atoms with Crippen molar-refractivity contribution < 1.29 is 5.11 Å². The van der Waals surface area contributed by atoms with Crippen molar-refractivity contribution in [3.63, 3.8) is 0 Å². The molecule has 0 aliphatic rings. The lowest BCUT2D eigenvalue weighted by Crippen LogP contribution is -2.13. The molecule has 9 heteroatoms. The molecular weight excluding hydrogens is 356 g/mol. The third-order valence-electron chi connectivity index (χ3n) is 2.89. The van der Waals surface area contributed by atoms with Gasteiger partial charge in [-0.15, -0.1) is 11.3 Å². The zero-order valence-corrected chi connectivity index (χ0v) is 13.8. The summed E-state index contributed by atoms with van der Waals surface area (Å²) >= 11 is 11.9. The number of benzene rings is 1. The highest BCUT2D eigenvalue weighted by atomic mass is 35.5. The van der Waals surface area contributed by atoms with Gasteiger partial charge in [-0.05, 0) is 24.4 Å². The van der Waals surface area contributed by atoms with Crippen molar-refractivity contribution in [2.24, 2.45) is 4.99 Å². The Hall–Kier alpha value is -2.29. The zero-order valence-electron chi connectivity index (χ0n) is 11.4. The highest BCUT2D eigenvalue weighted by Crippen LogP contribution is 2.27. The predicted molar refractivity (Wildman–Crippen MR) is 93.7 cm³/mol. The van der Waals surface area contributed by atoms with Crippen molar-refractivity contribution in [1.82, 2.24) is 15.0 Å². The number of aromatic amines is 2. The Kier molecular flexibility index (Phi) is 4.37. The number of nitrogens with zero attached hydrogens (tertiary/aromatic N) is 2. The number of halogens is 1. The topological polar surface area (TPSA) is 94.1 Å². The first-order chi connectivity index (χ1) is 11.0. The second kappa shape index (κ2) is 6.45. The number of aliphatic imine (C=N–C) groups is 1. The molecule has 2 aromatic heterocycles. The Balaban J connectivity index is 1.89. The smallest absolute Gasteiger partial charge is 0.264 e. The summed E-state index contributed by atoms with van der Waals surface area (Å²) in [4.78, 5) is 25.0. The van der Waals surface area contributed by atoms with Crippen molar-refractivity contribution in [2.45, 2.75) is 0 Å². The van der Waals surface area contributed by atoms with E-state index in [1.807, 2.05) is 17.5 Å². The van der Waals surface area contributed by atoms with Crippen LogP contribution < -0.4 is 5.56 Å². The largest absolute Gasteiger partial charge is 0.494 e. The highest BCUT2D eigenvalue weighted by Gasteiger charge is 2.06. The van der Waals surface area contributed by atoms with Gasteiger partial charge in [0.1, 0.15) is 5.56 Å². The van der Waals surface area contributed by atoms with E-state index in [9.17, 15) is 9.90 Å². The van der Waals surface area contributed by atoms with Gasteiger partial charge < -0.3 is 10.1 Å². The monoisotopic (exact) mass is 364 g/mol. The molecule has 0 aliphatic carbocycles. The summed E-state index contributed by atoms with van der Waals surface area (Å²) < 4.78 is 0.0453. The molecule has 0 bridgehead atoms. The number of hydrogen-bond donors (Lipinski definition) is 3. The zero-order chi connectivity index (χ0) is 16.4. The fourth-order valence-corrected chi connectivity index (χ4v) is 2.79. The minimum Gasteiger partial charge on any atom is -0.494 e. The van der Waals surface area contributed by atoms with Crippen LogP contribution in [0.1, 0.15) is 5.56 Å². The summed E-state index contributed by atoms with van der Waals surface area (Å²) in [6.45, 7) is 0. The summed E-state index contributed by atoms with van der Waals surface area (Å²) in [7, 11) is 0. The molecule has 0 amide bonds. The van der Waals surface area contributed by atoms with E-state index < -0.39 is 5.56 Å². The second-order valence-electron chi connectivity index (χ2n) is 4.45. The molecular formula is C14H9ClN4O2S2. The molecule has 3 N–H and O–H groups in total. The van der Waals surface area contributed by atoms with Crippen LogP contribution >= 0.6 is 35.2 Å². The quantitative estimate of drug-likeness (QED) is 0.488. The number of nitrogens with one attached hydrogen (secondary N) is 2. The first-order valence-electron chi connectivity index (χ1n) is 6.34. The molecule has 0 unspecified atom stereocenters. The number of aromatic hydroxyl groups is 1.